The predicted molar refractivity (Wildman–Crippen MR) is 73.1 cm³/mol. The van der Waals surface area contributed by atoms with E-state index < -0.39 is 5.97 Å². The average Bonchev–Trinajstić information content (AvgIpc) is 3.03. The van der Waals surface area contributed by atoms with E-state index in [1.165, 1.54) is 11.1 Å². The zero-order valence-corrected chi connectivity index (χ0v) is 11.3. The lowest BCUT2D eigenvalue weighted by Gasteiger charge is -2.28. The highest BCUT2D eigenvalue weighted by Gasteiger charge is 2.34. The largest absolute Gasteiger partial charge is 0.481 e. The first-order valence-corrected chi connectivity index (χ1v) is 6.99. The molecule has 5 nitrogen and oxygen atoms in total. The van der Waals surface area contributed by atoms with E-state index in [0.717, 1.165) is 12.8 Å². The highest BCUT2D eigenvalue weighted by Crippen LogP contribution is 2.27. The molecule has 106 valence electrons. The van der Waals surface area contributed by atoms with Gasteiger partial charge in [-0.2, -0.15) is 0 Å². The molecule has 0 aliphatic carbocycles. The van der Waals surface area contributed by atoms with Crippen molar-refractivity contribution in [2.24, 2.45) is 0 Å². The fraction of sp³-hybridized carbons (Fsp3) is 0.467. The summed E-state index contributed by atoms with van der Waals surface area (Å²) in [6.07, 6.45) is 1.73. The van der Waals surface area contributed by atoms with Crippen molar-refractivity contribution in [3.05, 3.63) is 35.4 Å². The molecule has 0 bridgehead atoms. The summed E-state index contributed by atoms with van der Waals surface area (Å²) in [4.78, 5) is 27.0. The van der Waals surface area contributed by atoms with Gasteiger partial charge in [-0.3, -0.25) is 4.79 Å². The van der Waals surface area contributed by atoms with Crippen molar-refractivity contribution in [3.8, 4) is 0 Å². The quantitative estimate of drug-likeness (QED) is 0.898. The van der Waals surface area contributed by atoms with Crippen molar-refractivity contribution in [2.45, 2.75) is 38.4 Å². The van der Waals surface area contributed by atoms with E-state index in [1.54, 1.807) is 4.90 Å². The van der Waals surface area contributed by atoms with Gasteiger partial charge in [-0.15, -0.1) is 0 Å². The number of hydrogen-bond donors (Lipinski definition) is 1. The minimum Gasteiger partial charge on any atom is -0.481 e. The van der Waals surface area contributed by atoms with Gasteiger partial charge < -0.3 is 14.9 Å². The maximum absolute atomic E-state index is 12.6. The highest BCUT2D eigenvalue weighted by molar-refractivity contribution is 5.77. The van der Waals surface area contributed by atoms with Crippen molar-refractivity contribution in [1.29, 1.82) is 0 Å². The second-order valence-corrected chi connectivity index (χ2v) is 5.49. The van der Waals surface area contributed by atoms with Gasteiger partial charge in [0.15, 0.2) is 0 Å². The number of carbonyl (C=O) groups excluding carboxylic acids is 1. The molecule has 5 heteroatoms. The Hall–Kier alpha value is -2.04. The SMILES string of the molecule is O=C(O)CC1CCCN1C(=O)N1Cc2ccccc2C1. The van der Waals surface area contributed by atoms with Gasteiger partial charge in [-0.05, 0) is 24.0 Å². The number of fused-ring (bicyclic) bond motifs is 1. The fourth-order valence-electron chi connectivity index (χ4n) is 3.15. The zero-order valence-electron chi connectivity index (χ0n) is 11.3. The monoisotopic (exact) mass is 274 g/mol. The fourth-order valence-corrected chi connectivity index (χ4v) is 3.15. The van der Waals surface area contributed by atoms with Crippen LogP contribution in [-0.4, -0.2) is 39.5 Å². The Bertz CT molecular complexity index is 519. The van der Waals surface area contributed by atoms with Crippen LogP contribution in [0.3, 0.4) is 0 Å². The van der Waals surface area contributed by atoms with Gasteiger partial charge >= 0.3 is 12.0 Å². The van der Waals surface area contributed by atoms with E-state index in [1.807, 2.05) is 29.2 Å². The van der Waals surface area contributed by atoms with E-state index in [0.29, 0.717) is 19.6 Å². The van der Waals surface area contributed by atoms with Crippen molar-refractivity contribution in [3.63, 3.8) is 0 Å². The average molecular weight is 274 g/mol. The Morgan fingerprint density at radius 1 is 1.20 bits per heavy atom. The van der Waals surface area contributed by atoms with Gasteiger partial charge in [0.25, 0.3) is 0 Å². The van der Waals surface area contributed by atoms with Crippen LogP contribution in [0.15, 0.2) is 24.3 Å². The molecular formula is C15H18N2O3. The molecule has 0 radical (unpaired) electrons. The minimum absolute atomic E-state index is 0.0232. The van der Waals surface area contributed by atoms with Crippen LogP contribution < -0.4 is 0 Å². The Morgan fingerprint density at radius 3 is 2.45 bits per heavy atom. The molecule has 1 aromatic rings. The van der Waals surface area contributed by atoms with E-state index >= 15 is 0 Å². The number of carboxylic acids is 1. The molecule has 1 aromatic carbocycles. The number of carboxylic acid groups (broad SMARTS) is 1. The van der Waals surface area contributed by atoms with Crippen LogP contribution in [0.5, 0.6) is 0 Å². The van der Waals surface area contributed by atoms with E-state index in [4.69, 9.17) is 5.11 Å². The third kappa shape index (κ3) is 2.35. The molecule has 2 heterocycles. The standard InChI is InChI=1S/C15H18N2O3/c18-14(19)8-13-6-3-7-17(13)15(20)16-9-11-4-1-2-5-12(11)10-16/h1-2,4-5,13H,3,6-10H2,(H,18,19). The smallest absolute Gasteiger partial charge is 0.320 e. The summed E-state index contributed by atoms with van der Waals surface area (Å²) in [5.74, 6) is -0.834. The summed E-state index contributed by atoms with van der Waals surface area (Å²) in [6.45, 7) is 1.93. The number of likely N-dealkylation sites (tertiary alicyclic amines) is 1. The Morgan fingerprint density at radius 2 is 1.85 bits per heavy atom. The highest BCUT2D eigenvalue weighted by atomic mass is 16.4. The van der Waals surface area contributed by atoms with Gasteiger partial charge in [0, 0.05) is 25.7 Å². The topological polar surface area (TPSA) is 60.9 Å². The number of aliphatic carboxylic acids is 1. The van der Waals surface area contributed by atoms with Gasteiger partial charge in [-0.25, -0.2) is 4.79 Å². The lowest BCUT2D eigenvalue weighted by Crippen LogP contribution is -2.44. The van der Waals surface area contributed by atoms with Crippen LogP contribution in [0, 0.1) is 0 Å². The third-order valence-corrected chi connectivity index (χ3v) is 4.14. The molecule has 2 amide bonds. The third-order valence-electron chi connectivity index (χ3n) is 4.14. The molecule has 2 aliphatic rings. The maximum Gasteiger partial charge on any atom is 0.320 e. The molecular weight excluding hydrogens is 256 g/mol. The second-order valence-electron chi connectivity index (χ2n) is 5.49. The van der Waals surface area contributed by atoms with Gasteiger partial charge in [0.1, 0.15) is 0 Å². The Labute approximate surface area is 117 Å². The molecule has 1 saturated heterocycles. The summed E-state index contributed by atoms with van der Waals surface area (Å²) >= 11 is 0. The van der Waals surface area contributed by atoms with E-state index in [9.17, 15) is 9.59 Å². The number of benzene rings is 1. The molecule has 2 aliphatic heterocycles. The zero-order chi connectivity index (χ0) is 14.1. The van der Waals surface area contributed by atoms with Crippen LogP contribution in [0.4, 0.5) is 4.79 Å². The van der Waals surface area contributed by atoms with Crippen LogP contribution in [-0.2, 0) is 17.9 Å². The predicted octanol–water partition coefficient (Wildman–Crippen LogP) is 2.06. The number of nitrogens with zero attached hydrogens (tertiary/aromatic N) is 2. The van der Waals surface area contributed by atoms with Crippen molar-refractivity contribution in [1.82, 2.24) is 9.80 Å². The van der Waals surface area contributed by atoms with Crippen LogP contribution in [0.1, 0.15) is 30.4 Å². The van der Waals surface area contributed by atoms with Crippen molar-refractivity contribution >= 4 is 12.0 Å². The molecule has 1 N–H and O–H groups in total. The first-order valence-electron chi connectivity index (χ1n) is 6.99. The molecule has 20 heavy (non-hydrogen) atoms. The number of amides is 2. The lowest BCUT2D eigenvalue weighted by atomic mass is 10.1. The molecule has 1 atom stereocenters. The maximum atomic E-state index is 12.6. The van der Waals surface area contributed by atoms with Gasteiger partial charge in [-0.1, -0.05) is 24.3 Å². The number of hydrogen-bond acceptors (Lipinski definition) is 2. The second kappa shape index (κ2) is 5.15. The van der Waals surface area contributed by atoms with Gasteiger partial charge in [0.2, 0.25) is 0 Å². The van der Waals surface area contributed by atoms with Crippen LogP contribution in [0.2, 0.25) is 0 Å². The minimum atomic E-state index is -0.834. The van der Waals surface area contributed by atoms with Crippen LogP contribution >= 0.6 is 0 Å². The lowest BCUT2D eigenvalue weighted by molar-refractivity contribution is -0.138. The molecule has 1 unspecified atom stereocenters. The Kier molecular flexibility index (Phi) is 3.34. The van der Waals surface area contributed by atoms with E-state index in [-0.39, 0.29) is 18.5 Å². The van der Waals surface area contributed by atoms with Crippen molar-refractivity contribution < 1.29 is 14.7 Å². The van der Waals surface area contributed by atoms with Crippen molar-refractivity contribution in [2.75, 3.05) is 6.54 Å². The number of rotatable bonds is 2. The summed E-state index contributed by atoms with van der Waals surface area (Å²) in [5, 5.41) is 8.93. The molecule has 0 aromatic heterocycles. The first-order chi connectivity index (χ1) is 9.65. The normalized spacial score (nSPS) is 21.1. The molecule has 3 rings (SSSR count). The molecule has 0 spiro atoms. The van der Waals surface area contributed by atoms with Crippen LogP contribution in [0.25, 0.3) is 0 Å². The molecule has 1 fully saturated rings. The number of carbonyl (C=O) groups is 2. The molecule has 0 saturated carbocycles. The summed E-state index contributed by atoms with van der Waals surface area (Å²) < 4.78 is 0. The summed E-state index contributed by atoms with van der Waals surface area (Å²) in [5.41, 5.74) is 2.38. The van der Waals surface area contributed by atoms with Gasteiger partial charge in [0.05, 0.1) is 6.42 Å². The summed E-state index contributed by atoms with van der Waals surface area (Å²) in [6, 6.07) is 7.88. The summed E-state index contributed by atoms with van der Waals surface area (Å²) in [7, 11) is 0. The van der Waals surface area contributed by atoms with E-state index in [2.05, 4.69) is 0 Å². The Balaban J connectivity index is 1.69. The number of urea groups is 1. The first kappa shape index (κ1) is 13.0.